The van der Waals surface area contributed by atoms with Crippen molar-refractivity contribution in [2.75, 3.05) is 33.7 Å². The molecule has 2 aliphatic rings. The number of nitrogens with two attached hydrogens (primary N) is 1. The Labute approximate surface area is 149 Å². The Hall–Kier alpha value is -1.92. The van der Waals surface area contributed by atoms with E-state index in [0.717, 1.165) is 6.54 Å². The summed E-state index contributed by atoms with van der Waals surface area (Å²) >= 11 is 0. The second-order valence-electron chi connectivity index (χ2n) is 7.76. The van der Waals surface area contributed by atoms with Crippen molar-refractivity contribution in [1.82, 2.24) is 15.1 Å². The van der Waals surface area contributed by atoms with E-state index >= 15 is 0 Å². The van der Waals surface area contributed by atoms with E-state index in [1.807, 2.05) is 12.1 Å². The monoisotopic (exact) mass is 344 g/mol. The Bertz CT molecular complexity index is 652. The van der Waals surface area contributed by atoms with E-state index < -0.39 is 0 Å². The molecule has 0 spiro atoms. The third-order valence-electron chi connectivity index (χ3n) is 5.36. The molecule has 0 radical (unpaired) electrons. The fourth-order valence-corrected chi connectivity index (χ4v) is 3.76. The van der Waals surface area contributed by atoms with Crippen LogP contribution in [0.4, 0.5) is 0 Å². The van der Waals surface area contributed by atoms with Gasteiger partial charge in [-0.3, -0.25) is 9.59 Å². The molecule has 1 aromatic rings. The summed E-state index contributed by atoms with van der Waals surface area (Å²) in [7, 11) is 4.19. The van der Waals surface area contributed by atoms with Gasteiger partial charge in [-0.15, -0.1) is 0 Å². The number of carbonyl (C=O) groups is 2. The van der Waals surface area contributed by atoms with Crippen LogP contribution in [0, 0.1) is 0 Å². The third kappa shape index (κ3) is 3.85. The summed E-state index contributed by atoms with van der Waals surface area (Å²) in [5.41, 5.74) is 8.26. The molecule has 2 fully saturated rings. The predicted octanol–water partition coefficient (Wildman–Crippen LogP) is 0.568. The zero-order chi connectivity index (χ0) is 18.2. The number of nitrogens with zero attached hydrogens (tertiary/aromatic N) is 2. The molecule has 0 bridgehead atoms. The molecule has 1 aromatic carbocycles. The Morgan fingerprint density at radius 3 is 2.36 bits per heavy atom. The van der Waals surface area contributed by atoms with Crippen molar-refractivity contribution in [2.24, 2.45) is 5.73 Å². The second-order valence-corrected chi connectivity index (χ2v) is 7.76. The van der Waals surface area contributed by atoms with E-state index in [9.17, 15) is 9.59 Å². The molecule has 3 N–H and O–H groups in total. The molecule has 1 aliphatic heterocycles. The van der Waals surface area contributed by atoms with Crippen LogP contribution < -0.4 is 11.1 Å². The number of rotatable bonds is 5. The summed E-state index contributed by atoms with van der Waals surface area (Å²) in [6, 6.07) is 7.51. The maximum Gasteiger partial charge on any atom is 0.251 e. The van der Waals surface area contributed by atoms with Crippen LogP contribution in [0.3, 0.4) is 0 Å². The zero-order valence-electron chi connectivity index (χ0n) is 15.3. The molecule has 6 heteroatoms. The molecule has 2 atom stereocenters. The smallest absolute Gasteiger partial charge is 0.251 e. The van der Waals surface area contributed by atoms with E-state index in [1.54, 1.807) is 4.90 Å². The fourth-order valence-electron chi connectivity index (χ4n) is 3.76. The van der Waals surface area contributed by atoms with Gasteiger partial charge in [-0.25, -0.2) is 0 Å². The lowest BCUT2D eigenvalue weighted by molar-refractivity contribution is -0.127. The van der Waals surface area contributed by atoms with Gasteiger partial charge < -0.3 is 20.9 Å². The Balaban J connectivity index is 1.63. The van der Waals surface area contributed by atoms with Crippen LogP contribution in [0.1, 0.15) is 35.7 Å². The van der Waals surface area contributed by atoms with Crippen LogP contribution in [0.15, 0.2) is 24.3 Å². The first-order valence-electron chi connectivity index (χ1n) is 8.88. The summed E-state index contributed by atoms with van der Waals surface area (Å²) in [5, 5.41) is 2.97. The lowest BCUT2D eigenvalue weighted by atomic mass is 9.94. The SMILES string of the molecule is CC(=O)N1CC(N)C(NC(=O)c2ccc(C3(CN(C)C)CC3)cc2)C1. The summed E-state index contributed by atoms with van der Waals surface area (Å²) in [6.07, 6.45) is 2.41. The summed E-state index contributed by atoms with van der Waals surface area (Å²) in [4.78, 5) is 27.9. The van der Waals surface area contributed by atoms with Gasteiger partial charge in [0, 0.05) is 43.6 Å². The molecule has 1 saturated heterocycles. The van der Waals surface area contributed by atoms with Gasteiger partial charge in [-0.05, 0) is 44.6 Å². The van der Waals surface area contributed by atoms with Crippen LogP contribution in [0.5, 0.6) is 0 Å². The number of hydrogen-bond acceptors (Lipinski definition) is 4. The highest BCUT2D eigenvalue weighted by atomic mass is 16.2. The first-order chi connectivity index (χ1) is 11.8. The molecule has 25 heavy (non-hydrogen) atoms. The topological polar surface area (TPSA) is 78.7 Å². The first kappa shape index (κ1) is 17.9. The standard InChI is InChI=1S/C19H28N4O2/c1-13(24)23-10-16(20)17(11-23)21-18(25)14-4-6-15(7-5-14)19(8-9-19)12-22(2)3/h4-7,16-17H,8-12,20H2,1-3H3,(H,21,25). The van der Waals surface area contributed by atoms with E-state index in [0.29, 0.717) is 18.7 Å². The Kier molecular flexibility index (Phi) is 4.84. The van der Waals surface area contributed by atoms with Crippen LogP contribution in [-0.2, 0) is 10.2 Å². The van der Waals surface area contributed by atoms with Gasteiger partial charge in [-0.1, -0.05) is 12.1 Å². The van der Waals surface area contributed by atoms with Crippen molar-refractivity contribution in [3.63, 3.8) is 0 Å². The Morgan fingerprint density at radius 2 is 1.88 bits per heavy atom. The average molecular weight is 344 g/mol. The molecular formula is C19H28N4O2. The Morgan fingerprint density at radius 1 is 1.24 bits per heavy atom. The first-order valence-corrected chi connectivity index (χ1v) is 8.88. The van der Waals surface area contributed by atoms with Crippen molar-refractivity contribution < 1.29 is 9.59 Å². The van der Waals surface area contributed by atoms with Gasteiger partial charge in [-0.2, -0.15) is 0 Å². The minimum Gasteiger partial charge on any atom is -0.346 e. The highest BCUT2D eigenvalue weighted by Gasteiger charge is 2.44. The van der Waals surface area contributed by atoms with Crippen LogP contribution >= 0.6 is 0 Å². The maximum absolute atomic E-state index is 12.5. The summed E-state index contributed by atoms with van der Waals surface area (Å²) in [6.45, 7) is 3.53. The lowest BCUT2D eigenvalue weighted by Crippen LogP contribution is -2.46. The highest BCUT2D eigenvalue weighted by molar-refractivity contribution is 5.94. The van der Waals surface area contributed by atoms with Gasteiger partial charge >= 0.3 is 0 Å². The molecule has 2 unspecified atom stereocenters. The average Bonchev–Trinajstić information content (AvgIpc) is 3.23. The van der Waals surface area contributed by atoms with Crippen LogP contribution in [0.25, 0.3) is 0 Å². The van der Waals surface area contributed by atoms with Crippen molar-refractivity contribution in [1.29, 1.82) is 0 Å². The van der Waals surface area contributed by atoms with Crippen molar-refractivity contribution in [3.05, 3.63) is 35.4 Å². The summed E-state index contributed by atoms with van der Waals surface area (Å²) in [5.74, 6) is -0.137. The van der Waals surface area contributed by atoms with Gasteiger partial charge in [0.1, 0.15) is 0 Å². The number of likely N-dealkylation sites (N-methyl/N-ethyl adjacent to an activating group) is 1. The molecule has 0 aromatic heterocycles. The number of amides is 2. The number of likely N-dealkylation sites (tertiary alicyclic amines) is 1. The molecule has 136 valence electrons. The molecule has 6 nitrogen and oxygen atoms in total. The normalized spacial score (nSPS) is 24.4. The van der Waals surface area contributed by atoms with Crippen molar-refractivity contribution >= 4 is 11.8 Å². The highest BCUT2D eigenvalue weighted by Crippen LogP contribution is 2.48. The zero-order valence-corrected chi connectivity index (χ0v) is 15.3. The molecule has 2 amide bonds. The van der Waals surface area contributed by atoms with Crippen LogP contribution in [-0.4, -0.2) is 67.4 Å². The largest absolute Gasteiger partial charge is 0.346 e. The van der Waals surface area contributed by atoms with Gasteiger partial charge in [0.25, 0.3) is 5.91 Å². The van der Waals surface area contributed by atoms with Crippen molar-refractivity contribution in [3.8, 4) is 0 Å². The van der Waals surface area contributed by atoms with Gasteiger partial charge in [0.2, 0.25) is 5.91 Å². The minimum absolute atomic E-state index is 0.00724. The van der Waals surface area contributed by atoms with Crippen molar-refractivity contribution in [2.45, 2.75) is 37.3 Å². The van der Waals surface area contributed by atoms with E-state index in [1.165, 1.54) is 25.3 Å². The maximum atomic E-state index is 12.5. The van der Waals surface area contributed by atoms with E-state index in [-0.39, 0.29) is 29.3 Å². The quantitative estimate of drug-likeness (QED) is 0.818. The summed E-state index contributed by atoms with van der Waals surface area (Å²) < 4.78 is 0. The van der Waals surface area contributed by atoms with E-state index in [2.05, 4.69) is 36.4 Å². The van der Waals surface area contributed by atoms with Gasteiger partial charge in [0.15, 0.2) is 0 Å². The predicted molar refractivity (Wildman–Crippen MR) is 97.4 cm³/mol. The molecular weight excluding hydrogens is 316 g/mol. The minimum atomic E-state index is -0.220. The number of nitrogens with one attached hydrogen (secondary N) is 1. The number of carbonyl (C=O) groups excluding carboxylic acids is 2. The number of hydrogen-bond donors (Lipinski definition) is 2. The lowest BCUT2D eigenvalue weighted by Gasteiger charge is -2.21. The molecule has 1 aliphatic carbocycles. The van der Waals surface area contributed by atoms with Crippen LogP contribution in [0.2, 0.25) is 0 Å². The third-order valence-corrected chi connectivity index (χ3v) is 5.36. The van der Waals surface area contributed by atoms with Gasteiger partial charge in [0.05, 0.1) is 6.04 Å². The molecule has 1 heterocycles. The molecule has 1 saturated carbocycles. The number of benzene rings is 1. The van der Waals surface area contributed by atoms with E-state index in [4.69, 9.17) is 5.73 Å². The molecule has 3 rings (SSSR count). The second kappa shape index (κ2) is 6.77. The fraction of sp³-hybridized carbons (Fsp3) is 0.579.